The van der Waals surface area contributed by atoms with E-state index in [4.69, 9.17) is 20.6 Å². The van der Waals surface area contributed by atoms with Gasteiger partial charge in [0.1, 0.15) is 11.4 Å². The zero-order valence-corrected chi connectivity index (χ0v) is 16.0. The minimum absolute atomic E-state index is 0.434. The van der Waals surface area contributed by atoms with Crippen molar-refractivity contribution < 1.29 is 9.53 Å². The summed E-state index contributed by atoms with van der Waals surface area (Å²) >= 11 is 0. The third-order valence-corrected chi connectivity index (χ3v) is 4.47. The molecule has 7 heteroatoms. The topological polar surface area (TPSA) is 95.9 Å². The molecule has 1 amide bonds. The van der Waals surface area contributed by atoms with Crippen LogP contribution in [0.1, 0.15) is 16.1 Å². The van der Waals surface area contributed by atoms with Crippen LogP contribution in [-0.4, -0.2) is 32.8 Å². The molecule has 0 bridgehead atoms. The molecule has 0 atom stereocenters. The average molecular weight is 385 g/mol. The molecule has 0 saturated carbocycles. The third-order valence-electron chi connectivity index (χ3n) is 4.47. The minimum Gasteiger partial charge on any atom is -0.497 e. The second-order valence-corrected chi connectivity index (χ2v) is 6.47. The van der Waals surface area contributed by atoms with Crippen molar-refractivity contribution in [1.29, 1.82) is 0 Å². The summed E-state index contributed by atoms with van der Waals surface area (Å²) in [5.74, 6) is 1.42. The van der Waals surface area contributed by atoms with Gasteiger partial charge in [-0.25, -0.2) is 14.6 Å². The molecule has 0 aliphatic rings. The molecule has 2 heterocycles. The molecule has 7 nitrogen and oxygen atoms in total. The van der Waals surface area contributed by atoms with Crippen molar-refractivity contribution in [2.24, 2.45) is 5.73 Å². The molecule has 4 aromatic rings. The lowest BCUT2D eigenvalue weighted by Crippen LogP contribution is -2.10. The Morgan fingerprint density at radius 1 is 0.966 bits per heavy atom. The van der Waals surface area contributed by atoms with Crippen LogP contribution < -0.4 is 10.5 Å². The molecule has 4 rings (SSSR count). The zero-order chi connectivity index (χ0) is 20.4. The smallest absolute Gasteiger partial charge is 0.248 e. The Bertz CT molecular complexity index is 1160. The molecule has 2 aromatic carbocycles. The summed E-state index contributed by atoms with van der Waals surface area (Å²) in [4.78, 5) is 20.7. The number of rotatable bonds is 5. The van der Waals surface area contributed by atoms with Crippen molar-refractivity contribution in [3.8, 4) is 34.3 Å². The maximum Gasteiger partial charge on any atom is 0.248 e. The Kier molecular flexibility index (Phi) is 4.78. The van der Waals surface area contributed by atoms with Crippen LogP contribution in [-0.2, 0) is 0 Å². The van der Waals surface area contributed by atoms with E-state index in [1.165, 1.54) is 0 Å². The monoisotopic (exact) mass is 385 g/mol. The number of carbonyl (C=O) groups excluding carboxylic acids is 1. The molecule has 2 N–H and O–H groups in total. The number of nitrogens with zero attached hydrogens (tertiary/aromatic N) is 4. The molecule has 0 saturated heterocycles. The molecular weight excluding hydrogens is 366 g/mol. The summed E-state index contributed by atoms with van der Waals surface area (Å²) in [7, 11) is 1.63. The first-order valence-corrected chi connectivity index (χ1v) is 9.01. The van der Waals surface area contributed by atoms with Crippen LogP contribution in [0.15, 0.2) is 66.7 Å². The highest BCUT2D eigenvalue weighted by atomic mass is 16.5. The minimum atomic E-state index is -0.474. The van der Waals surface area contributed by atoms with Gasteiger partial charge in [-0.15, -0.1) is 5.10 Å². The van der Waals surface area contributed by atoms with Crippen molar-refractivity contribution >= 4 is 5.91 Å². The van der Waals surface area contributed by atoms with Crippen LogP contribution in [0.5, 0.6) is 5.75 Å². The number of hydrogen-bond donors (Lipinski definition) is 1. The van der Waals surface area contributed by atoms with Crippen molar-refractivity contribution in [1.82, 2.24) is 19.7 Å². The van der Waals surface area contributed by atoms with Gasteiger partial charge in [0.15, 0.2) is 11.6 Å². The van der Waals surface area contributed by atoms with Crippen LogP contribution in [0, 0.1) is 6.92 Å². The molecule has 0 unspecified atom stereocenters. The second-order valence-electron chi connectivity index (χ2n) is 6.47. The number of aromatic nitrogens is 4. The number of primary amides is 1. The number of carbonyl (C=O) groups is 1. The van der Waals surface area contributed by atoms with Gasteiger partial charge in [-0.1, -0.05) is 18.2 Å². The van der Waals surface area contributed by atoms with Gasteiger partial charge in [-0.05, 0) is 55.5 Å². The highest BCUT2D eigenvalue weighted by molar-refractivity contribution is 5.93. The summed E-state index contributed by atoms with van der Waals surface area (Å²) in [6, 6.07) is 20.2. The maximum absolute atomic E-state index is 11.3. The predicted molar refractivity (Wildman–Crippen MR) is 110 cm³/mol. The molecule has 0 spiro atoms. The molecule has 29 heavy (non-hydrogen) atoms. The summed E-state index contributed by atoms with van der Waals surface area (Å²) < 4.78 is 6.99. The summed E-state index contributed by atoms with van der Waals surface area (Å²) in [6.45, 7) is 1.93. The van der Waals surface area contributed by atoms with Crippen molar-refractivity contribution in [3.05, 3.63) is 78.0 Å². The number of hydrogen-bond acceptors (Lipinski definition) is 5. The van der Waals surface area contributed by atoms with E-state index in [0.29, 0.717) is 22.9 Å². The largest absolute Gasteiger partial charge is 0.497 e. The van der Waals surface area contributed by atoms with Crippen LogP contribution >= 0.6 is 0 Å². The van der Waals surface area contributed by atoms with Crippen LogP contribution in [0.3, 0.4) is 0 Å². The van der Waals surface area contributed by atoms with Crippen molar-refractivity contribution in [2.75, 3.05) is 7.11 Å². The van der Waals surface area contributed by atoms with E-state index in [9.17, 15) is 4.79 Å². The lowest BCUT2D eigenvalue weighted by molar-refractivity contribution is 0.100. The van der Waals surface area contributed by atoms with E-state index in [-0.39, 0.29) is 0 Å². The predicted octanol–water partition coefficient (Wildman–Crippen LogP) is 3.41. The van der Waals surface area contributed by atoms with Gasteiger partial charge in [0.25, 0.3) is 0 Å². The Hall–Kier alpha value is -4.00. The number of aryl methyl sites for hydroxylation is 1. The average Bonchev–Trinajstić information content (AvgIpc) is 3.19. The lowest BCUT2D eigenvalue weighted by atomic mass is 10.1. The van der Waals surface area contributed by atoms with Gasteiger partial charge in [-0.2, -0.15) is 0 Å². The Morgan fingerprint density at radius 2 is 1.69 bits per heavy atom. The van der Waals surface area contributed by atoms with E-state index in [1.807, 2.05) is 49.4 Å². The van der Waals surface area contributed by atoms with E-state index >= 15 is 0 Å². The molecule has 0 aliphatic carbocycles. The van der Waals surface area contributed by atoms with Gasteiger partial charge in [0, 0.05) is 16.8 Å². The molecule has 0 radical (unpaired) electrons. The van der Waals surface area contributed by atoms with Gasteiger partial charge in [0.05, 0.1) is 12.8 Å². The van der Waals surface area contributed by atoms with Crippen LogP contribution in [0.2, 0.25) is 0 Å². The van der Waals surface area contributed by atoms with E-state index < -0.39 is 5.91 Å². The lowest BCUT2D eigenvalue weighted by Gasteiger charge is -2.07. The van der Waals surface area contributed by atoms with Gasteiger partial charge >= 0.3 is 0 Å². The first-order valence-electron chi connectivity index (χ1n) is 9.01. The Balaban J connectivity index is 1.84. The van der Waals surface area contributed by atoms with E-state index in [2.05, 4.69) is 4.98 Å². The second kappa shape index (κ2) is 7.55. The highest BCUT2D eigenvalue weighted by Gasteiger charge is 2.16. The SMILES string of the molecule is COc1ccc(-n2nc(-c3ccc(C(N)=O)cc3)nc2-c2cccc(C)n2)cc1. The van der Waals surface area contributed by atoms with Gasteiger partial charge in [-0.3, -0.25) is 4.79 Å². The first-order chi connectivity index (χ1) is 14.0. The number of ether oxygens (including phenoxy) is 1. The number of amides is 1. The van der Waals surface area contributed by atoms with Gasteiger partial charge in [0.2, 0.25) is 5.91 Å². The maximum atomic E-state index is 11.3. The van der Waals surface area contributed by atoms with Crippen LogP contribution in [0.25, 0.3) is 28.6 Å². The van der Waals surface area contributed by atoms with E-state index in [0.717, 1.165) is 22.7 Å². The fourth-order valence-corrected chi connectivity index (χ4v) is 2.95. The summed E-state index contributed by atoms with van der Waals surface area (Å²) in [6.07, 6.45) is 0. The van der Waals surface area contributed by atoms with Crippen molar-refractivity contribution in [3.63, 3.8) is 0 Å². The summed E-state index contributed by atoms with van der Waals surface area (Å²) in [5.41, 5.74) is 8.97. The fraction of sp³-hybridized carbons (Fsp3) is 0.0909. The number of nitrogens with two attached hydrogens (primary N) is 1. The molecule has 0 fully saturated rings. The zero-order valence-electron chi connectivity index (χ0n) is 16.0. The standard InChI is InChI=1S/C22H19N5O2/c1-14-4-3-5-19(24-14)22-25-21(16-8-6-15(7-9-16)20(23)28)26-27(22)17-10-12-18(29-2)13-11-17/h3-13H,1-2H3,(H2,23,28). The highest BCUT2D eigenvalue weighted by Crippen LogP contribution is 2.25. The van der Waals surface area contributed by atoms with E-state index in [1.54, 1.807) is 36.1 Å². The Labute approximate surface area is 167 Å². The molecule has 0 aliphatic heterocycles. The fourth-order valence-electron chi connectivity index (χ4n) is 2.95. The number of benzene rings is 2. The third kappa shape index (κ3) is 3.70. The van der Waals surface area contributed by atoms with Crippen LogP contribution in [0.4, 0.5) is 0 Å². The quantitative estimate of drug-likeness (QED) is 0.568. The first kappa shape index (κ1) is 18.4. The number of pyridine rings is 1. The molecule has 144 valence electrons. The van der Waals surface area contributed by atoms with Crippen molar-refractivity contribution in [2.45, 2.75) is 6.92 Å². The van der Waals surface area contributed by atoms with Gasteiger partial charge < -0.3 is 10.5 Å². The summed E-state index contributed by atoms with van der Waals surface area (Å²) in [5, 5.41) is 4.70. The number of methoxy groups -OCH3 is 1. The normalized spacial score (nSPS) is 10.7. The Morgan fingerprint density at radius 3 is 2.31 bits per heavy atom. The molecule has 2 aromatic heterocycles. The molecular formula is C22H19N5O2.